The number of hydrogen-bond donors (Lipinski definition) is 1. The van der Waals surface area contributed by atoms with Crippen LogP contribution in [-0.2, 0) is 9.53 Å². The Labute approximate surface area is 125 Å². The summed E-state index contributed by atoms with van der Waals surface area (Å²) in [6.45, 7) is 0.289. The van der Waals surface area contributed by atoms with Crippen LogP contribution < -0.4 is 0 Å². The van der Waals surface area contributed by atoms with Gasteiger partial charge in [-0.1, -0.05) is 0 Å². The average Bonchev–Trinajstić information content (AvgIpc) is 2.43. The summed E-state index contributed by atoms with van der Waals surface area (Å²) in [5.74, 6) is -0.576. The third kappa shape index (κ3) is 5.15. The smallest absolute Gasteiger partial charge is 0.307 e. The summed E-state index contributed by atoms with van der Waals surface area (Å²) in [6, 6.07) is 7.13. The molecule has 104 valence electrons. The van der Waals surface area contributed by atoms with Crippen molar-refractivity contribution < 1.29 is 19.4 Å². The van der Waals surface area contributed by atoms with Crippen LogP contribution in [0.1, 0.15) is 16.8 Å². The Morgan fingerprint density at radius 2 is 1.89 bits per heavy atom. The number of benzene rings is 1. The van der Waals surface area contributed by atoms with Crippen molar-refractivity contribution in [2.75, 3.05) is 26.8 Å². The lowest BCUT2D eigenvalue weighted by atomic mass is 10.2. The predicted molar refractivity (Wildman–Crippen MR) is 78.8 cm³/mol. The van der Waals surface area contributed by atoms with Gasteiger partial charge in [-0.2, -0.15) is 0 Å². The first-order valence-corrected chi connectivity index (χ1v) is 6.89. The number of ether oxygens (including phenoxy) is 1. The maximum absolute atomic E-state index is 12.2. The summed E-state index contributed by atoms with van der Waals surface area (Å²) in [6.07, 6.45) is 0.118. The number of carbonyl (C=O) groups is 2. The molecule has 0 heterocycles. The van der Waals surface area contributed by atoms with Crippen molar-refractivity contribution >= 4 is 34.5 Å². The lowest BCUT2D eigenvalue weighted by Crippen LogP contribution is -2.35. The molecule has 1 aromatic rings. The number of amides is 1. The van der Waals surface area contributed by atoms with Crippen LogP contribution in [0.5, 0.6) is 0 Å². The molecule has 1 aromatic carbocycles. The van der Waals surface area contributed by atoms with E-state index in [1.54, 1.807) is 12.1 Å². The number of nitrogens with zero attached hydrogens (tertiary/aromatic N) is 1. The van der Waals surface area contributed by atoms with Crippen LogP contribution >= 0.6 is 22.6 Å². The van der Waals surface area contributed by atoms with Crippen molar-refractivity contribution in [3.8, 4) is 0 Å². The van der Waals surface area contributed by atoms with Gasteiger partial charge in [0.15, 0.2) is 0 Å². The normalized spacial score (nSPS) is 10.1. The standard InChI is InChI=1S/C13H16INO4/c1-19-12(17)6-7-15(8-9-16)13(18)10-2-4-11(14)5-3-10/h2-5,16H,6-9H2,1H3. The second kappa shape index (κ2) is 8.11. The van der Waals surface area contributed by atoms with E-state index < -0.39 is 0 Å². The van der Waals surface area contributed by atoms with Gasteiger partial charge in [-0.15, -0.1) is 0 Å². The van der Waals surface area contributed by atoms with Crippen LogP contribution in [0.25, 0.3) is 0 Å². The molecule has 1 rings (SSSR count). The molecule has 0 fully saturated rings. The number of hydrogen-bond acceptors (Lipinski definition) is 4. The van der Waals surface area contributed by atoms with E-state index in [-0.39, 0.29) is 38.0 Å². The predicted octanol–water partition coefficient (Wildman–Crippen LogP) is 1.29. The Kier molecular flexibility index (Phi) is 6.79. The third-order valence-electron chi connectivity index (χ3n) is 2.56. The lowest BCUT2D eigenvalue weighted by molar-refractivity contribution is -0.140. The molecule has 0 aliphatic carbocycles. The fourth-order valence-corrected chi connectivity index (χ4v) is 1.90. The fourth-order valence-electron chi connectivity index (χ4n) is 1.54. The van der Waals surface area contributed by atoms with E-state index in [4.69, 9.17) is 5.11 Å². The number of aliphatic hydroxyl groups excluding tert-OH is 1. The summed E-state index contributed by atoms with van der Waals surface area (Å²) in [7, 11) is 1.31. The summed E-state index contributed by atoms with van der Waals surface area (Å²) in [5, 5.41) is 8.99. The highest BCUT2D eigenvalue weighted by molar-refractivity contribution is 14.1. The second-order valence-electron chi connectivity index (χ2n) is 3.85. The Hall–Kier alpha value is -1.15. The number of methoxy groups -OCH3 is 1. The Balaban J connectivity index is 2.71. The van der Waals surface area contributed by atoms with Crippen molar-refractivity contribution in [3.63, 3.8) is 0 Å². The van der Waals surface area contributed by atoms with Gasteiger partial charge in [0, 0.05) is 22.2 Å². The minimum atomic E-state index is -0.377. The lowest BCUT2D eigenvalue weighted by Gasteiger charge is -2.21. The first-order chi connectivity index (χ1) is 9.08. The topological polar surface area (TPSA) is 66.8 Å². The van der Waals surface area contributed by atoms with E-state index in [0.717, 1.165) is 3.57 Å². The monoisotopic (exact) mass is 377 g/mol. The zero-order valence-corrected chi connectivity index (χ0v) is 12.8. The number of esters is 1. The van der Waals surface area contributed by atoms with Gasteiger partial charge in [0.2, 0.25) is 0 Å². The molecule has 0 atom stereocenters. The van der Waals surface area contributed by atoms with Crippen molar-refractivity contribution in [1.82, 2.24) is 4.90 Å². The molecule has 19 heavy (non-hydrogen) atoms. The Morgan fingerprint density at radius 1 is 1.26 bits per heavy atom. The van der Waals surface area contributed by atoms with E-state index in [0.29, 0.717) is 5.56 Å². The van der Waals surface area contributed by atoms with E-state index in [1.807, 2.05) is 12.1 Å². The van der Waals surface area contributed by atoms with Crippen LogP contribution in [-0.4, -0.2) is 48.7 Å². The zero-order valence-electron chi connectivity index (χ0n) is 10.6. The molecule has 6 heteroatoms. The summed E-state index contributed by atoms with van der Waals surface area (Å²) >= 11 is 2.16. The quantitative estimate of drug-likeness (QED) is 0.600. The molecule has 0 radical (unpaired) electrons. The fraction of sp³-hybridized carbons (Fsp3) is 0.385. The molecular formula is C13H16INO4. The Bertz CT molecular complexity index is 433. The highest BCUT2D eigenvalue weighted by Gasteiger charge is 2.16. The largest absolute Gasteiger partial charge is 0.469 e. The Morgan fingerprint density at radius 3 is 2.42 bits per heavy atom. The van der Waals surface area contributed by atoms with Gasteiger partial charge in [0.05, 0.1) is 20.1 Å². The minimum absolute atomic E-state index is 0.118. The minimum Gasteiger partial charge on any atom is -0.469 e. The van der Waals surface area contributed by atoms with Gasteiger partial charge in [0.1, 0.15) is 0 Å². The molecule has 0 saturated heterocycles. The molecule has 0 spiro atoms. The third-order valence-corrected chi connectivity index (χ3v) is 3.28. The first-order valence-electron chi connectivity index (χ1n) is 5.81. The van der Waals surface area contributed by atoms with Gasteiger partial charge < -0.3 is 14.7 Å². The number of aliphatic hydroxyl groups is 1. The first kappa shape index (κ1) is 15.9. The number of halogens is 1. The van der Waals surface area contributed by atoms with Crippen LogP contribution in [0.15, 0.2) is 24.3 Å². The maximum atomic E-state index is 12.2. The van der Waals surface area contributed by atoms with Gasteiger partial charge in [-0.3, -0.25) is 9.59 Å². The SMILES string of the molecule is COC(=O)CCN(CCO)C(=O)c1ccc(I)cc1. The molecule has 0 aliphatic heterocycles. The van der Waals surface area contributed by atoms with Gasteiger partial charge in [-0.25, -0.2) is 0 Å². The molecule has 0 bridgehead atoms. The molecule has 0 aliphatic rings. The van der Waals surface area contributed by atoms with Crippen LogP contribution in [0.3, 0.4) is 0 Å². The summed E-state index contributed by atoms with van der Waals surface area (Å²) < 4.78 is 5.58. The van der Waals surface area contributed by atoms with Crippen molar-refractivity contribution in [3.05, 3.63) is 33.4 Å². The molecule has 1 N–H and O–H groups in total. The van der Waals surface area contributed by atoms with Gasteiger partial charge in [0.25, 0.3) is 5.91 Å². The van der Waals surface area contributed by atoms with Gasteiger partial charge in [-0.05, 0) is 46.9 Å². The molecule has 0 saturated carbocycles. The van der Waals surface area contributed by atoms with Crippen molar-refractivity contribution in [2.24, 2.45) is 0 Å². The summed E-state index contributed by atoms with van der Waals surface area (Å²) in [5.41, 5.74) is 0.540. The van der Waals surface area contributed by atoms with E-state index in [9.17, 15) is 9.59 Å². The van der Waals surface area contributed by atoms with Crippen molar-refractivity contribution in [2.45, 2.75) is 6.42 Å². The molecule has 0 unspecified atom stereocenters. The highest BCUT2D eigenvalue weighted by Crippen LogP contribution is 2.10. The number of rotatable bonds is 6. The van der Waals surface area contributed by atoms with Gasteiger partial charge >= 0.3 is 5.97 Å². The van der Waals surface area contributed by atoms with Crippen LogP contribution in [0, 0.1) is 3.57 Å². The molecule has 0 aromatic heterocycles. The van der Waals surface area contributed by atoms with E-state index in [1.165, 1.54) is 12.0 Å². The zero-order chi connectivity index (χ0) is 14.3. The average molecular weight is 377 g/mol. The van der Waals surface area contributed by atoms with E-state index >= 15 is 0 Å². The summed E-state index contributed by atoms with van der Waals surface area (Å²) in [4.78, 5) is 24.8. The van der Waals surface area contributed by atoms with Crippen LogP contribution in [0.2, 0.25) is 0 Å². The highest BCUT2D eigenvalue weighted by atomic mass is 127. The van der Waals surface area contributed by atoms with E-state index in [2.05, 4.69) is 27.3 Å². The molecular weight excluding hydrogens is 361 g/mol. The van der Waals surface area contributed by atoms with Crippen molar-refractivity contribution in [1.29, 1.82) is 0 Å². The maximum Gasteiger partial charge on any atom is 0.307 e. The van der Waals surface area contributed by atoms with Crippen LogP contribution in [0.4, 0.5) is 0 Å². The molecule has 1 amide bonds. The number of carbonyl (C=O) groups excluding carboxylic acids is 2. The second-order valence-corrected chi connectivity index (χ2v) is 5.09. The molecule has 5 nitrogen and oxygen atoms in total.